The molecule has 0 aromatic heterocycles. The van der Waals surface area contributed by atoms with E-state index in [2.05, 4.69) is 5.32 Å². The molecule has 6 heteroatoms. The zero-order valence-corrected chi connectivity index (χ0v) is 14.8. The summed E-state index contributed by atoms with van der Waals surface area (Å²) in [6, 6.07) is 5.60. The SMILES string of the molecule is CC(OCC1CCCO1)C(=O)NCCCc1ccc(Cl)c(Cl)c1. The normalized spacial score (nSPS) is 18.8. The average Bonchev–Trinajstić information content (AvgIpc) is 3.05. The lowest BCUT2D eigenvalue weighted by Gasteiger charge is -2.16. The lowest BCUT2D eigenvalue weighted by Crippen LogP contribution is -2.36. The molecule has 0 aliphatic carbocycles. The van der Waals surface area contributed by atoms with Gasteiger partial charge in [-0.05, 0) is 50.3 Å². The summed E-state index contributed by atoms with van der Waals surface area (Å²) in [5.41, 5.74) is 1.11. The van der Waals surface area contributed by atoms with E-state index < -0.39 is 6.10 Å². The number of hydrogen-bond acceptors (Lipinski definition) is 3. The van der Waals surface area contributed by atoms with Crippen LogP contribution in [0.15, 0.2) is 18.2 Å². The summed E-state index contributed by atoms with van der Waals surface area (Å²) in [4.78, 5) is 11.9. The summed E-state index contributed by atoms with van der Waals surface area (Å²) in [6.45, 7) is 3.65. The molecular formula is C17H23Cl2NO3. The molecule has 2 rings (SSSR count). The van der Waals surface area contributed by atoms with Crippen molar-refractivity contribution in [3.8, 4) is 0 Å². The van der Waals surface area contributed by atoms with Crippen molar-refractivity contribution in [3.05, 3.63) is 33.8 Å². The summed E-state index contributed by atoms with van der Waals surface area (Å²) >= 11 is 11.9. The van der Waals surface area contributed by atoms with Gasteiger partial charge in [0.2, 0.25) is 5.91 Å². The second-order valence-electron chi connectivity index (χ2n) is 5.75. The summed E-state index contributed by atoms with van der Waals surface area (Å²) in [7, 11) is 0. The molecule has 0 bridgehead atoms. The topological polar surface area (TPSA) is 47.6 Å². The molecule has 4 nitrogen and oxygen atoms in total. The first kappa shape index (κ1) is 18.5. The monoisotopic (exact) mass is 359 g/mol. The van der Waals surface area contributed by atoms with Crippen molar-refractivity contribution in [2.45, 2.75) is 44.8 Å². The average molecular weight is 360 g/mol. The Morgan fingerprint density at radius 3 is 2.96 bits per heavy atom. The van der Waals surface area contributed by atoms with E-state index in [0.717, 1.165) is 37.9 Å². The van der Waals surface area contributed by atoms with E-state index in [-0.39, 0.29) is 12.0 Å². The van der Waals surface area contributed by atoms with Crippen LogP contribution in [0.3, 0.4) is 0 Å². The third-order valence-corrected chi connectivity index (χ3v) is 4.59. The van der Waals surface area contributed by atoms with Gasteiger partial charge in [-0.3, -0.25) is 4.79 Å². The Hall–Kier alpha value is -0.810. The lowest BCUT2D eigenvalue weighted by atomic mass is 10.1. The Labute approximate surface area is 147 Å². The van der Waals surface area contributed by atoms with Gasteiger partial charge in [0.1, 0.15) is 6.10 Å². The van der Waals surface area contributed by atoms with Gasteiger partial charge in [-0.25, -0.2) is 0 Å². The molecule has 1 saturated heterocycles. The van der Waals surface area contributed by atoms with Gasteiger partial charge in [-0.1, -0.05) is 29.3 Å². The van der Waals surface area contributed by atoms with Crippen molar-refractivity contribution < 1.29 is 14.3 Å². The molecule has 1 aromatic carbocycles. The first-order chi connectivity index (χ1) is 11.1. The van der Waals surface area contributed by atoms with Crippen LogP contribution < -0.4 is 5.32 Å². The highest BCUT2D eigenvalue weighted by atomic mass is 35.5. The van der Waals surface area contributed by atoms with Gasteiger partial charge in [0.25, 0.3) is 0 Å². The van der Waals surface area contributed by atoms with E-state index >= 15 is 0 Å². The number of halogens is 2. The van der Waals surface area contributed by atoms with E-state index in [0.29, 0.717) is 23.2 Å². The lowest BCUT2D eigenvalue weighted by molar-refractivity contribution is -0.133. The highest BCUT2D eigenvalue weighted by Crippen LogP contribution is 2.23. The molecule has 1 aliphatic heterocycles. The molecule has 2 atom stereocenters. The number of hydrogen-bond donors (Lipinski definition) is 1. The minimum absolute atomic E-state index is 0.0860. The van der Waals surface area contributed by atoms with Crippen LogP contribution in [0.4, 0.5) is 0 Å². The van der Waals surface area contributed by atoms with Crippen molar-refractivity contribution in [2.24, 2.45) is 0 Å². The Morgan fingerprint density at radius 1 is 1.43 bits per heavy atom. The van der Waals surface area contributed by atoms with Crippen molar-refractivity contribution in [3.63, 3.8) is 0 Å². The predicted octanol–water partition coefficient (Wildman–Crippen LogP) is 3.63. The number of ether oxygens (including phenoxy) is 2. The molecule has 0 spiro atoms. The van der Waals surface area contributed by atoms with E-state index in [4.69, 9.17) is 32.7 Å². The Bertz CT molecular complexity index is 519. The summed E-state index contributed by atoms with van der Waals surface area (Å²) in [6.07, 6.45) is 3.44. The number of carbonyl (C=O) groups is 1. The molecular weight excluding hydrogens is 337 g/mol. The molecule has 2 unspecified atom stereocenters. The fourth-order valence-electron chi connectivity index (χ4n) is 2.45. The largest absolute Gasteiger partial charge is 0.376 e. The minimum Gasteiger partial charge on any atom is -0.376 e. The zero-order chi connectivity index (χ0) is 16.7. The quantitative estimate of drug-likeness (QED) is 0.721. The van der Waals surface area contributed by atoms with Gasteiger partial charge in [-0.2, -0.15) is 0 Å². The molecule has 0 saturated carbocycles. The van der Waals surface area contributed by atoms with Gasteiger partial charge in [-0.15, -0.1) is 0 Å². The van der Waals surface area contributed by atoms with E-state index in [1.165, 1.54) is 0 Å². The smallest absolute Gasteiger partial charge is 0.248 e. The van der Waals surface area contributed by atoms with E-state index in [1.54, 1.807) is 13.0 Å². The third-order valence-electron chi connectivity index (χ3n) is 3.85. The van der Waals surface area contributed by atoms with Crippen LogP contribution in [-0.4, -0.2) is 37.9 Å². The maximum Gasteiger partial charge on any atom is 0.248 e. The standard InChI is InChI=1S/C17H23Cl2NO3/c1-12(23-11-14-5-3-9-22-14)17(21)20-8-2-4-13-6-7-15(18)16(19)10-13/h6-7,10,12,14H,2-5,8-9,11H2,1H3,(H,20,21). The molecule has 23 heavy (non-hydrogen) atoms. The van der Waals surface area contributed by atoms with E-state index in [1.807, 2.05) is 12.1 Å². The molecule has 1 amide bonds. The maximum absolute atomic E-state index is 11.9. The predicted molar refractivity (Wildman–Crippen MR) is 92.2 cm³/mol. The summed E-state index contributed by atoms with van der Waals surface area (Å²) < 4.78 is 11.0. The van der Waals surface area contributed by atoms with E-state index in [9.17, 15) is 4.79 Å². The maximum atomic E-state index is 11.9. The number of carbonyl (C=O) groups excluding carboxylic acids is 1. The number of benzene rings is 1. The number of nitrogens with one attached hydrogen (secondary N) is 1. The highest BCUT2D eigenvalue weighted by molar-refractivity contribution is 6.42. The third kappa shape index (κ3) is 6.30. The highest BCUT2D eigenvalue weighted by Gasteiger charge is 2.19. The van der Waals surface area contributed by atoms with Gasteiger partial charge < -0.3 is 14.8 Å². The molecule has 1 aliphatic rings. The van der Waals surface area contributed by atoms with Crippen molar-refractivity contribution >= 4 is 29.1 Å². The molecule has 1 N–H and O–H groups in total. The second kappa shape index (κ2) is 9.48. The summed E-state index contributed by atoms with van der Waals surface area (Å²) in [5.74, 6) is -0.0860. The number of rotatable bonds is 8. The Kier molecular flexibility index (Phi) is 7.63. The molecule has 1 fully saturated rings. The molecule has 0 radical (unpaired) electrons. The van der Waals surface area contributed by atoms with Crippen LogP contribution >= 0.6 is 23.2 Å². The van der Waals surface area contributed by atoms with Crippen LogP contribution in [0, 0.1) is 0 Å². The first-order valence-electron chi connectivity index (χ1n) is 8.01. The van der Waals surface area contributed by atoms with Crippen LogP contribution in [0.25, 0.3) is 0 Å². The Morgan fingerprint density at radius 2 is 2.26 bits per heavy atom. The Balaban J connectivity index is 1.60. The first-order valence-corrected chi connectivity index (χ1v) is 8.76. The van der Waals surface area contributed by atoms with Gasteiger partial charge >= 0.3 is 0 Å². The van der Waals surface area contributed by atoms with Crippen LogP contribution in [0.1, 0.15) is 31.7 Å². The van der Waals surface area contributed by atoms with Gasteiger partial charge in [0, 0.05) is 13.2 Å². The summed E-state index contributed by atoms with van der Waals surface area (Å²) in [5, 5.41) is 4.01. The van der Waals surface area contributed by atoms with Crippen molar-refractivity contribution in [1.82, 2.24) is 5.32 Å². The minimum atomic E-state index is -0.454. The van der Waals surface area contributed by atoms with Gasteiger partial charge in [0.15, 0.2) is 0 Å². The van der Waals surface area contributed by atoms with Crippen LogP contribution in [0.2, 0.25) is 10.0 Å². The van der Waals surface area contributed by atoms with Crippen LogP contribution in [0.5, 0.6) is 0 Å². The fourth-order valence-corrected chi connectivity index (χ4v) is 2.77. The van der Waals surface area contributed by atoms with Crippen molar-refractivity contribution in [2.75, 3.05) is 19.8 Å². The molecule has 1 aromatic rings. The second-order valence-corrected chi connectivity index (χ2v) is 6.57. The molecule has 1 heterocycles. The zero-order valence-electron chi connectivity index (χ0n) is 13.3. The molecule has 128 valence electrons. The fraction of sp³-hybridized carbons (Fsp3) is 0.588. The van der Waals surface area contributed by atoms with Crippen LogP contribution in [-0.2, 0) is 20.7 Å². The van der Waals surface area contributed by atoms with Crippen molar-refractivity contribution in [1.29, 1.82) is 0 Å². The number of amides is 1. The number of aryl methyl sites for hydroxylation is 1. The van der Waals surface area contributed by atoms with Gasteiger partial charge in [0.05, 0.1) is 22.8 Å².